The lowest BCUT2D eigenvalue weighted by molar-refractivity contribution is -0.161. The molecule has 0 unspecified atom stereocenters. The summed E-state index contributed by atoms with van der Waals surface area (Å²) in [5.74, 6) is -0.383. The van der Waals surface area contributed by atoms with Crippen molar-refractivity contribution >= 4 is 11.7 Å². The van der Waals surface area contributed by atoms with Crippen molar-refractivity contribution in [2.75, 3.05) is 13.2 Å². The second kappa shape index (κ2) is 15.8. The number of rotatable bonds is 15. The summed E-state index contributed by atoms with van der Waals surface area (Å²) in [6.07, 6.45) is 7.77. The van der Waals surface area contributed by atoms with Gasteiger partial charge >= 0.3 is 5.97 Å². The number of hydrogen-bond donors (Lipinski definition) is 2. The van der Waals surface area contributed by atoms with Gasteiger partial charge < -0.3 is 24.5 Å². The van der Waals surface area contributed by atoms with Crippen LogP contribution in [0.1, 0.15) is 76.7 Å². The lowest BCUT2D eigenvalue weighted by atomic mass is 10.0. The van der Waals surface area contributed by atoms with Crippen LogP contribution in [0, 0.1) is 0 Å². The van der Waals surface area contributed by atoms with Crippen LogP contribution in [-0.2, 0) is 25.7 Å². The monoisotopic (exact) mass is 449 g/mol. The van der Waals surface area contributed by atoms with Crippen LogP contribution in [0.15, 0.2) is 35.5 Å². The summed E-state index contributed by atoms with van der Waals surface area (Å²) in [5, 5.41) is 24.0. The summed E-state index contributed by atoms with van der Waals surface area (Å²) >= 11 is 0. The van der Waals surface area contributed by atoms with Gasteiger partial charge in [-0.05, 0) is 12.0 Å². The first-order chi connectivity index (χ1) is 15.7. The van der Waals surface area contributed by atoms with E-state index in [2.05, 4.69) is 12.1 Å². The van der Waals surface area contributed by atoms with Crippen LogP contribution in [-0.4, -0.2) is 53.4 Å². The zero-order valence-corrected chi connectivity index (χ0v) is 19.3. The molecule has 32 heavy (non-hydrogen) atoms. The molecule has 7 nitrogen and oxygen atoms in total. The molecule has 1 aliphatic heterocycles. The molecule has 2 rings (SSSR count). The van der Waals surface area contributed by atoms with Gasteiger partial charge in [-0.25, -0.2) is 0 Å². The maximum atomic E-state index is 12.4. The molecule has 180 valence electrons. The van der Waals surface area contributed by atoms with E-state index in [-0.39, 0.29) is 25.8 Å². The zero-order valence-electron chi connectivity index (χ0n) is 19.3. The molecule has 3 atom stereocenters. The molecule has 0 spiro atoms. The second-order valence-electron chi connectivity index (χ2n) is 8.35. The maximum Gasteiger partial charge on any atom is 0.306 e. The van der Waals surface area contributed by atoms with E-state index >= 15 is 0 Å². The van der Waals surface area contributed by atoms with E-state index in [4.69, 9.17) is 14.3 Å². The van der Waals surface area contributed by atoms with E-state index in [1.54, 1.807) is 0 Å². The number of esters is 1. The average molecular weight is 450 g/mol. The molecule has 1 aromatic carbocycles. The van der Waals surface area contributed by atoms with Crippen LogP contribution in [0.25, 0.3) is 0 Å². The molecule has 2 N–H and O–H groups in total. The lowest BCUT2D eigenvalue weighted by Gasteiger charge is -2.34. The molecule has 1 fully saturated rings. The summed E-state index contributed by atoms with van der Waals surface area (Å²) < 4.78 is 11.0. The SMILES string of the molecule is CCCCCCCCCCCC(=O)O[C@@H]1/C(=N/OCc2ccccc2)CO[C@H](CO)[C@H]1O. The van der Waals surface area contributed by atoms with Gasteiger partial charge in [0, 0.05) is 6.42 Å². The predicted octanol–water partition coefficient (Wildman–Crippen LogP) is 4.14. The molecular weight excluding hydrogens is 410 g/mol. The van der Waals surface area contributed by atoms with Gasteiger partial charge in [-0.1, -0.05) is 93.8 Å². The first kappa shape index (κ1) is 26.3. The summed E-state index contributed by atoms with van der Waals surface area (Å²) in [5.41, 5.74) is 1.25. The summed E-state index contributed by atoms with van der Waals surface area (Å²) in [4.78, 5) is 17.8. The number of carbonyl (C=O) groups is 1. The van der Waals surface area contributed by atoms with Crippen molar-refractivity contribution in [2.24, 2.45) is 5.16 Å². The number of hydrogen-bond acceptors (Lipinski definition) is 7. The fraction of sp³-hybridized carbons (Fsp3) is 0.680. The second-order valence-corrected chi connectivity index (χ2v) is 8.35. The van der Waals surface area contributed by atoms with Crippen molar-refractivity contribution in [3.63, 3.8) is 0 Å². The molecular formula is C25H39NO6. The lowest BCUT2D eigenvalue weighted by Crippen LogP contribution is -2.53. The van der Waals surface area contributed by atoms with Crippen molar-refractivity contribution < 1.29 is 29.3 Å². The topological polar surface area (TPSA) is 97.6 Å². The van der Waals surface area contributed by atoms with Gasteiger partial charge in [0.2, 0.25) is 0 Å². The van der Waals surface area contributed by atoms with Gasteiger partial charge in [0.15, 0.2) is 6.10 Å². The number of oxime groups is 1. The molecule has 0 aliphatic carbocycles. The molecule has 0 amide bonds. The highest BCUT2D eigenvalue weighted by molar-refractivity contribution is 5.92. The average Bonchev–Trinajstić information content (AvgIpc) is 2.81. The quantitative estimate of drug-likeness (QED) is 0.237. The van der Waals surface area contributed by atoms with Gasteiger partial charge in [-0.15, -0.1) is 0 Å². The minimum atomic E-state index is -1.19. The highest BCUT2D eigenvalue weighted by Crippen LogP contribution is 2.19. The molecule has 7 heteroatoms. The third-order valence-electron chi connectivity index (χ3n) is 5.64. The fourth-order valence-electron chi connectivity index (χ4n) is 3.69. The van der Waals surface area contributed by atoms with E-state index in [0.29, 0.717) is 12.1 Å². The normalized spacial score (nSPS) is 22.1. The van der Waals surface area contributed by atoms with E-state index in [0.717, 1.165) is 24.8 Å². The van der Waals surface area contributed by atoms with E-state index in [1.165, 1.54) is 38.5 Å². The Kier molecular flexibility index (Phi) is 13.0. The first-order valence-electron chi connectivity index (χ1n) is 12.0. The Hall–Kier alpha value is -1.96. The number of aliphatic hydroxyl groups excluding tert-OH is 2. The van der Waals surface area contributed by atoms with Crippen LogP contribution in [0.3, 0.4) is 0 Å². The van der Waals surface area contributed by atoms with Crippen LogP contribution in [0.4, 0.5) is 0 Å². The van der Waals surface area contributed by atoms with Crippen LogP contribution < -0.4 is 0 Å². The van der Waals surface area contributed by atoms with Gasteiger partial charge in [0.25, 0.3) is 0 Å². The molecule has 1 aromatic rings. The zero-order chi connectivity index (χ0) is 23.0. The van der Waals surface area contributed by atoms with Gasteiger partial charge in [-0.2, -0.15) is 0 Å². The van der Waals surface area contributed by atoms with Crippen molar-refractivity contribution in [1.29, 1.82) is 0 Å². The van der Waals surface area contributed by atoms with Crippen LogP contribution >= 0.6 is 0 Å². The van der Waals surface area contributed by atoms with Crippen molar-refractivity contribution in [2.45, 2.75) is 96.1 Å². The standard InChI is InChI=1S/C25H39NO6/c1-2-3-4-5-6-7-8-9-13-16-23(28)32-25-21(19-30-22(17-27)24(25)29)26-31-18-20-14-11-10-12-15-20/h10-12,14-15,22,24-25,27,29H,2-9,13,16-19H2,1H3/b26-21+/t22-,24-,25-/m1/s1. The van der Waals surface area contributed by atoms with Gasteiger partial charge in [0.1, 0.15) is 24.5 Å². The Labute approximate surface area is 191 Å². The Morgan fingerprint density at radius 3 is 2.38 bits per heavy atom. The number of nitrogens with zero attached hydrogens (tertiary/aromatic N) is 1. The van der Waals surface area contributed by atoms with E-state index in [9.17, 15) is 15.0 Å². The van der Waals surface area contributed by atoms with E-state index in [1.807, 2.05) is 30.3 Å². The molecule has 1 heterocycles. The number of ether oxygens (including phenoxy) is 2. The molecule has 0 radical (unpaired) electrons. The van der Waals surface area contributed by atoms with Gasteiger partial charge in [0.05, 0.1) is 13.2 Å². The minimum Gasteiger partial charge on any atom is -0.453 e. The predicted molar refractivity (Wildman–Crippen MR) is 123 cm³/mol. The molecule has 1 saturated heterocycles. The smallest absolute Gasteiger partial charge is 0.306 e. The summed E-state index contributed by atoms with van der Waals surface area (Å²) in [6.45, 7) is 2.12. The minimum absolute atomic E-state index is 0.0209. The van der Waals surface area contributed by atoms with Crippen molar-refractivity contribution in [1.82, 2.24) is 0 Å². The first-order valence-corrected chi connectivity index (χ1v) is 12.0. The Morgan fingerprint density at radius 2 is 1.72 bits per heavy atom. The summed E-state index contributed by atoms with van der Waals surface area (Å²) in [7, 11) is 0. The van der Waals surface area contributed by atoms with Gasteiger partial charge in [-0.3, -0.25) is 4.79 Å². The molecule has 0 bridgehead atoms. The highest BCUT2D eigenvalue weighted by Gasteiger charge is 2.40. The van der Waals surface area contributed by atoms with E-state index < -0.39 is 18.3 Å². The number of aliphatic hydroxyl groups is 2. The number of unbranched alkanes of at least 4 members (excludes halogenated alkanes) is 8. The van der Waals surface area contributed by atoms with Crippen LogP contribution in [0.2, 0.25) is 0 Å². The summed E-state index contributed by atoms with van der Waals surface area (Å²) in [6, 6.07) is 9.55. The third-order valence-corrected chi connectivity index (χ3v) is 5.64. The van der Waals surface area contributed by atoms with Crippen LogP contribution in [0.5, 0.6) is 0 Å². The fourth-order valence-corrected chi connectivity index (χ4v) is 3.69. The Bertz CT molecular complexity index is 666. The molecule has 0 saturated carbocycles. The van der Waals surface area contributed by atoms with Crippen molar-refractivity contribution in [3.05, 3.63) is 35.9 Å². The number of benzene rings is 1. The van der Waals surface area contributed by atoms with Crippen molar-refractivity contribution in [3.8, 4) is 0 Å². The largest absolute Gasteiger partial charge is 0.453 e. The molecule has 1 aliphatic rings. The Balaban J connectivity index is 1.76. The number of carbonyl (C=O) groups excluding carboxylic acids is 1. The molecule has 0 aromatic heterocycles. The third kappa shape index (κ3) is 9.67. The maximum absolute atomic E-state index is 12.4. The highest BCUT2D eigenvalue weighted by atomic mass is 16.6. The Morgan fingerprint density at radius 1 is 1.06 bits per heavy atom.